The molecule has 3 rings (SSSR count). The van der Waals surface area contributed by atoms with Crippen molar-refractivity contribution in [3.63, 3.8) is 0 Å². The molecule has 0 bridgehead atoms. The minimum Gasteiger partial charge on any atom is -0.364 e. The second-order valence-electron chi connectivity index (χ2n) is 6.19. The lowest BCUT2D eigenvalue weighted by molar-refractivity contribution is 0.0952. The number of amides is 2. The second-order valence-corrected chi connectivity index (χ2v) is 6.19. The molecule has 2 aromatic carbocycles. The fourth-order valence-corrected chi connectivity index (χ4v) is 2.76. The molecule has 1 heterocycles. The zero-order valence-corrected chi connectivity index (χ0v) is 15.3. The molecule has 0 radical (unpaired) electrons. The summed E-state index contributed by atoms with van der Waals surface area (Å²) in [7, 11) is 0. The summed E-state index contributed by atoms with van der Waals surface area (Å²) in [5.41, 5.74) is 14.2. The Morgan fingerprint density at radius 3 is 2.36 bits per heavy atom. The third kappa shape index (κ3) is 4.57. The molecule has 0 spiro atoms. The fraction of sp³-hybridized carbons (Fsp3) is 0.143. The number of aromatic nitrogens is 2. The van der Waals surface area contributed by atoms with Crippen molar-refractivity contribution in [2.75, 3.05) is 6.54 Å². The van der Waals surface area contributed by atoms with E-state index in [-0.39, 0.29) is 18.1 Å². The van der Waals surface area contributed by atoms with E-state index in [1.165, 1.54) is 11.8 Å². The Kier molecular flexibility index (Phi) is 6.08. The van der Waals surface area contributed by atoms with Crippen molar-refractivity contribution in [3.05, 3.63) is 83.3 Å². The van der Waals surface area contributed by atoms with Gasteiger partial charge in [0.2, 0.25) is 0 Å². The van der Waals surface area contributed by atoms with Gasteiger partial charge in [-0.05, 0) is 24.1 Å². The SMILES string of the molecule is NCc1ncc(-c2ccc(C(=O)NCCc3ccccc3)cc2)nc1C(N)=O. The molecule has 7 heteroatoms. The first-order chi connectivity index (χ1) is 13.6. The zero-order valence-electron chi connectivity index (χ0n) is 15.3. The summed E-state index contributed by atoms with van der Waals surface area (Å²) in [6, 6.07) is 16.9. The van der Waals surface area contributed by atoms with E-state index in [9.17, 15) is 9.59 Å². The van der Waals surface area contributed by atoms with Crippen LogP contribution in [0, 0.1) is 0 Å². The molecule has 0 fully saturated rings. The minimum absolute atomic E-state index is 0.0581. The van der Waals surface area contributed by atoms with E-state index in [0.29, 0.717) is 23.5 Å². The van der Waals surface area contributed by atoms with Gasteiger partial charge in [0.25, 0.3) is 11.8 Å². The van der Waals surface area contributed by atoms with Crippen LogP contribution in [0.1, 0.15) is 32.1 Å². The van der Waals surface area contributed by atoms with Gasteiger partial charge in [0.1, 0.15) is 0 Å². The quantitative estimate of drug-likeness (QED) is 0.579. The standard InChI is InChI=1S/C21H21N5O2/c22-12-17-19(20(23)27)26-18(13-25-17)15-6-8-16(9-7-15)21(28)24-11-10-14-4-2-1-3-5-14/h1-9,13H,10-12,22H2,(H2,23,27)(H,24,28). The van der Waals surface area contributed by atoms with Crippen LogP contribution in [-0.2, 0) is 13.0 Å². The van der Waals surface area contributed by atoms with Crippen LogP contribution in [0.5, 0.6) is 0 Å². The van der Waals surface area contributed by atoms with Crippen molar-refractivity contribution < 1.29 is 9.59 Å². The van der Waals surface area contributed by atoms with Gasteiger partial charge < -0.3 is 16.8 Å². The maximum absolute atomic E-state index is 12.3. The second kappa shape index (κ2) is 8.88. The maximum Gasteiger partial charge on any atom is 0.269 e. The van der Waals surface area contributed by atoms with Crippen LogP contribution >= 0.6 is 0 Å². The molecule has 0 aliphatic rings. The molecule has 7 nitrogen and oxygen atoms in total. The van der Waals surface area contributed by atoms with Crippen LogP contribution in [0.4, 0.5) is 0 Å². The van der Waals surface area contributed by atoms with E-state index in [0.717, 1.165) is 12.0 Å². The van der Waals surface area contributed by atoms with Crippen molar-refractivity contribution >= 4 is 11.8 Å². The summed E-state index contributed by atoms with van der Waals surface area (Å²) in [4.78, 5) is 32.2. The third-order valence-corrected chi connectivity index (χ3v) is 4.26. The van der Waals surface area contributed by atoms with Gasteiger partial charge in [-0.15, -0.1) is 0 Å². The molecule has 2 amide bonds. The van der Waals surface area contributed by atoms with Crippen LogP contribution in [-0.4, -0.2) is 28.3 Å². The number of primary amides is 1. The molecular weight excluding hydrogens is 354 g/mol. The van der Waals surface area contributed by atoms with E-state index in [2.05, 4.69) is 15.3 Å². The summed E-state index contributed by atoms with van der Waals surface area (Å²) in [5, 5.41) is 2.90. The Hall–Kier alpha value is -3.58. The number of rotatable bonds is 7. The van der Waals surface area contributed by atoms with Gasteiger partial charge in [0.15, 0.2) is 5.69 Å². The van der Waals surface area contributed by atoms with E-state index < -0.39 is 5.91 Å². The fourth-order valence-electron chi connectivity index (χ4n) is 2.76. The number of hydrogen-bond acceptors (Lipinski definition) is 5. The Bertz CT molecular complexity index is 972. The first-order valence-corrected chi connectivity index (χ1v) is 8.87. The lowest BCUT2D eigenvalue weighted by Gasteiger charge is -2.08. The predicted octanol–water partition coefficient (Wildman–Crippen LogP) is 1.67. The van der Waals surface area contributed by atoms with Gasteiger partial charge in [-0.3, -0.25) is 14.6 Å². The predicted molar refractivity (Wildman–Crippen MR) is 106 cm³/mol. The largest absolute Gasteiger partial charge is 0.364 e. The van der Waals surface area contributed by atoms with Crippen LogP contribution in [0.2, 0.25) is 0 Å². The summed E-state index contributed by atoms with van der Waals surface area (Å²) < 4.78 is 0. The van der Waals surface area contributed by atoms with Crippen molar-refractivity contribution in [1.29, 1.82) is 0 Å². The Morgan fingerprint density at radius 2 is 1.71 bits per heavy atom. The monoisotopic (exact) mass is 375 g/mol. The molecule has 0 aliphatic heterocycles. The number of benzene rings is 2. The summed E-state index contributed by atoms with van der Waals surface area (Å²) in [6.45, 7) is 0.631. The molecule has 0 saturated heterocycles. The molecule has 0 atom stereocenters. The maximum atomic E-state index is 12.3. The van der Waals surface area contributed by atoms with Gasteiger partial charge in [-0.25, -0.2) is 4.98 Å². The Morgan fingerprint density at radius 1 is 1.00 bits per heavy atom. The zero-order chi connectivity index (χ0) is 19.9. The van der Waals surface area contributed by atoms with Crippen molar-refractivity contribution in [3.8, 4) is 11.3 Å². The van der Waals surface area contributed by atoms with E-state index in [1.807, 2.05) is 30.3 Å². The topological polar surface area (TPSA) is 124 Å². The lowest BCUT2D eigenvalue weighted by atomic mass is 10.1. The van der Waals surface area contributed by atoms with Gasteiger partial charge in [-0.1, -0.05) is 42.5 Å². The van der Waals surface area contributed by atoms with Crippen molar-refractivity contribution in [1.82, 2.24) is 15.3 Å². The minimum atomic E-state index is -0.677. The average molecular weight is 375 g/mol. The molecule has 3 aromatic rings. The van der Waals surface area contributed by atoms with E-state index >= 15 is 0 Å². The molecule has 28 heavy (non-hydrogen) atoms. The number of nitrogens with two attached hydrogens (primary N) is 2. The van der Waals surface area contributed by atoms with Crippen LogP contribution in [0.3, 0.4) is 0 Å². The molecule has 0 aliphatic carbocycles. The Labute approximate surface area is 162 Å². The molecule has 1 aromatic heterocycles. The van der Waals surface area contributed by atoms with E-state index in [1.54, 1.807) is 24.3 Å². The Balaban J connectivity index is 1.67. The average Bonchev–Trinajstić information content (AvgIpc) is 2.74. The normalized spacial score (nSPS) is 10.5. The lowest BCUT2D eigenvalue weighted by Crippen LogP contribution is -2.25. The smallest absolute Gasteiger partial charge is 0.269 e. The highest BCUT2D eigenvalue weighted by Crippen LogP contribution is 2.18. The number of carbonyl (C=O) groups is 2. The highest BCUT2D eigenvalue weighted by Gasteiger charge is 2.13. The van der Waals surface area contributed by atoms with Crippen molar-refractivity contribution in [2.24, 2.45) is 11.5 Å². The summed E-state index contributed by atoms with van der Waals surface area (Å²) >= 11 is 0. The third-order valence-electron chi connectivity index (χ3n) is 4.26. The van der Waals surface area contributed by atoms with Crippen LogP contribution < -0.4 is 16.8 Å². The first-order valence-electron chi connectivity index (χ1n) is 8.87. The number of nitrogens with one attached hydrogen (secondary N) is 1. The number of hydrogen-bond donors (Lipinski definition) is 3. The van der Waals surface area contributed by atoms with Crippen LogP contribution in [0.15, 0.2) is 60.8 Å². The molecular formula is C21H21N5O2. The number of nitrogens with zero attached hydrogens (tertiary/aromatic N) is 2. The molecule has 0 unspecified atom stereocenters. The van der Waals surface area contributed by atoms with E-state index in [4.69, 9.17) is 11.5 Å². The van der Waals surface area contributed by atoms with Crippen LogP contribution in [0.25, 0.3) is 11.3 Å². The van der Waals surface area contributed by atoms with Gasteiger partial charge in [0, 0.05) is 24.2 Å². The number of carbonyl (C=O) groups excluding carboxylic acids is 2. The molecule has 5 N–H and O–H groups in total. The van der Waals surface area contributed by atoms with Gasteiger partial charge in [-0.2, -0.15) is 0 Å². The van der Waals surface area contributed by atoms with Crippen molar-refractivity contribution in [2.45, 2.75) is 13.0 Å². The highest BCUT2D eigenvalue weighted by atomic mass is 16.2. The highest BCUT2D eigenvalue weighted by molar-refractivity contribution is 5.95. The first kappa shape index (κ1) is 19.2. The van der Waals surface area contributed by atoms with Gasteiger partial charge >= 0.3 is 0 Å². The summed E-state index contributed by atoms with van der Waals surface area (Å²) in [5.74, 6) is -0.825. The molecule has 0 saturated carbocycles. The summed E-state index contributed by atoms with van der Waals surface area (Å²) in [6.07, 6.45) is 2.30. The molecule has 142 valence electrons. The van der Waals surface area contributed by atoms with Gasteiger partial charge in [0.05, 0.1) is 17.6 Å².